The summed E-state index contributed by atoms with van der Waals surface area (Å²) < 4.78 is 23.1. The van der Waals surface area contributed by atoms with Crippen LogP contribution in [0.3, 0.4) is 0 Å². The van der Waals surface area contributed by atoms with Gasteiger partial charge in [0.25, 0.3) is 0 Å². The predicted octanol–water partition coefficient (Wildman–Crippen LogP) is 3.69. The van der Waals surface area contributed by atoms with Gasteiger partial charge >= 0.3 is 5.97 Å². The van der Waals surface area contributed by atoms with E-state index in [0.717, 1.165) is 36.8 Å². The zero-order valence-electron chi connectivity index (χ0n) is 15.4. The van der Waals surface area contributed by atoms with Gasteiger partial charge in [-0.1, -0.05) is 0 Å². The van der Waals surface area contributed by atoms with Gasteiger partial charge in [-0.3, -0.25) is 0 Å². The quantitative estimate of drug-likeness (QED) is 0.772. The van der Waals surface area contributed by atoms with E-state index in [-0.39, 0.29) is 17.2 Å². The highest BCUT2D eigenvalue weighted by molar-refractivity contribution is 5.96. The Balaban J connectivity index is 2.30. The number of carbonyl (C=O) groups is 1. The summed E-state index contributed by atoms with van der Waals surface area (Å²) in [6, 6.07) is 0. The second-order valence-corrected chi connectivity index (χ2v) is 7.74. The topological polar surface area (TPSA) is 54.0 Å². The summed E-state index contributed by atoms with van der Waals surface area (Å²) in [6.45, 7) is 8.16. The molecule has 24 heavy (non-hydrogen) atoms. The van der Waals surface area contributed by atoms with Crippen LogP contribution in [0.25, 0.3) is 0 Å². The third kappa shape index (κ3) is 2.70. The van der Waals surface area contributed by atoms with Crippen molar-refractivity contribution in [3.63, 3.8) is 0 Å². The standard InChI is InChI=1S/C19H26O5/c1-18(2)9-7-11-13(17(20)22-6)12-8-10-19(3,4)24-15(12)16(21-5)14(11)23-18/h7-10H2,1-6H3. The lowest BCUT2D eigenvalue weighted by molar-refractivity contribution is 0.0537. The second kappa shape index (κ2) is 5.57. The molecule has 0 unspecified atom stereocenters. The summed E-state index contributed by atoms with van der Waals surface area (Å²) in [6.07, 6.45) is 3.16. The van der Waals surface area contributed by atoms with E-state index < -0.39 is 0 Å². The number of carbonyl (C=O) groups excluding carboxylic acids is 1. The van der Waals surface area contributed by atoms with Crippen molar-refractivity contribution in [2.45, 2.75) is 64.6 Å². The van der Waals surface area contributed by atoms with E-state index in [2.05, 4.69) is 0 Å². The monoisotopic (exact) mass is 334 g/mol. The number of fused-ring (bicyclic) bond motifs is 2. The lowest BCUT2D eigenvalue weighted by Crippen LogP contribution is -2.37. The predicted molar refractivity (Wildman–Crippen MR) is 90.4 cm³/mol. The number of benzene rings is 1. The summed E-state index contributed by atoms with van der Waals surface area (Å²) in [7, 11) is 3.02. The Kier molecular flexibility index (Phi) is 3.93. The fraction of sp³-hybridized carbons (Fsp3) is 0.632. The summed E-state index contributed by atoms with van der Waals surface area (Å²) >= 11 is 0. The van der Waals surface area contributed by atoms with Crippen molar-refractivity contribution in [2.24, 2.45) is 0 Å². The normalized spacial score (nSPS) is 20.1. The largest absolute Gasteiger partial charge is 0.490 e. The van der Waals surface area contributed by atoms with Crippen molar-refractivity contribution < 1.29 is 23.7 Å². The van der Waals surface area contributed by atoms with Crippen LogP contribution in [-0.2, 0) is 17.6 Å². The molecular weight excluding hydrogens is 308 g/mol. The van der Waals surface area contributed by atoms with Gasteiger partial charge < -0.3 is 18.9 Å². The Morgan fingerprint density at radius 2 is 1.38 bits per heavy atom. The van der Waals surface area contributed by atoms with Gasteiger partial charge in [0.05, 0.1) is 19.8 Å². The number of ether oxygens (including phenoxy) is 4. The van der Waals surface area contributed by atoms with E-state index in [9.17, 15) is 4.79 Å². The molecule has 5 heteroatoms. The molecule has 2 aliphatic rings. The highest BCUT2D eigenvalue weighted by Gasteiger charge is 2.40. The molecule has 0 atom stereocenters. The molecular formula is C19H26O5. The van der Waals surface area contributed by atoms with E-state index in [1.165, 1.54) is 7.11 Å². The number of methoxy groups -OCH3 is 2. The minimum absolute atomic E-state index is 0.313. The van der Waals surface area contributed by atoms with Crippen molar-refractivity contribution in [1.82, 2.24) is 0 Å². The van der Waals surface area contributed by atoms with Crippen LogP contribution in [0.5, 0.6) is 17.2 Å². The van der Waals surface area contributed by atoms with Gasteiger partial charge in [0.1, 0.15) is 11.2 Å². The van der Waals surface area contributed by atoms with Crippen LogP contribution in [0.4, 0.5) is 0 Å². The first-order valence-electron chi connectivity index (χ1n) is 8.41. The summed E-state index contributed by atoms with van der Waals surface area (Å²) in [5, 5.41) is 0. The number of hydrogen-bond donors (Lipinski definition) is 0. The highest BCUT2D eigenvalue weighted by atomic mass is 16.6. The van der Waals surface area contributed by atoms with E-state index in [0.29, 0.717) is 22.8 Å². The Bertz CT molecular complexity index is 640. The molecule has 2 heterocycles. The molecule has 5 nitrogen and oxygen atoms in total. The van der Waals surface area contributed by atoms with Crippen LogP contribution < -0.4 is 14.2 Å². The minimum atomic E-state index is -0.336. The maximum absolute atomic E-state index is 12.5. The fourth-order valence-corrected chi connectivity index (χ4v) is 3.52. The molecule has 132 valence electrons. The van der Waals surface area contributed by atoms with Gasteiger partial charge in [-0.2, -0.15) is 0 Å². The number of esters is 1. The smallest absolute Gasteiger partial charge is 0.338 e. The third-order valence-corrected chi connectivity index (χ3v) is 4.87. The zero-order chi connectivity index (χ0) is 17.7. The third-order valence-electron chi connectivity index (χ3n) is 4.87. The Morgan fingerprint density at radius 1 is 0.917 bits per heavy atom. The Labute approximate surface area is 143 Å². The van der Waals surface area contributed by atoms with Crippen LogP contribution in [-0.4, -0.2) is 31.4 Å². The van der Waals surface area contributed by atoms with Gasteiger partial charge in [0.2, 0.25) is 5.75 Å². The SMILES string of the molecule is COC(=O)c1c2c(c(OC)c3c1CCC(C)(C)O3)OC(C)(C)CC2. The molecule has 0 saturated carbocycles. The summed E-state index contributed by atoms with van der Waals surface area (Å²) in [5.41, 5.74) is 1.72. The van der Waals surface area contributed by atoms with E-state index >= 15 is 0 Å². The number of rotatable bonds is 2. The van der Waals surface area contributed by atoms with E-state index in [4.69, 9.17) is 18.9 Å². The Morgan fingerprint density at radius 3 is 1.75 bits per heavy atom. The van der Waals surface area contributed by atoms with Gasteiger partial charge in [-0.05, 0) is 53.4 Å². The zero-order valence-corrected chi connectivity index (χ0v) is 15.4. The molecule has 0 bridgehead atoms. The fourth-order valence-electron chi connectivity index (χ4n) is 3.52. The Hall–Kier alpha value is -1.91. The molecule has 0 radical (unpaired) electrons. The van der Waals surface area contributed by atoms with Crippen molar-refractivity contribution >= 4 is 5.97 Å². The van der Waals surface area contributed by atoms with Crippen molar-refractivity contribution in [3.05, 3.63) is 16.7 Å². The first-order chi connectivity index (χ1) is 11.2. The lowest BCUT2D eigenvalue weighted by Gasteiger charge is -2.39. The van der Waals surface area contributed by atoms with Crippen molar-refractivity contribution in [3.8, 4) is 17.2 Å². The van der Waals surface area contributed by atoms with Gasteiger partial charge in [0.15, 0.2) is 11.5 Å². The molecule has 0 fully saturated rings. The average molecular weight is 334 g/mol. The highest BCUT2D eigenvalue weighted by Crippen LogP contribution is 2.52. The van der Waals surface area contributed by atoms with Crippen LogP contribution in [0.2, 0.25) is 0 Å². The summed E-state index contributed by atoms with van der Waals surface area (Å²) in [4.78, 5) is 12.5. The van der Waals surface area contributed by atoms with Crippen molar-refractivity contribution in [1.29, 1.82) is 0 Å². The van der Waals surface area contributed by atoms with Gasteiger partial charge in [-0.15, -0.1) is 0 Å². The first-order valence-corrected chi connectivity index (χ1v) is 8.41. The molecule has 0 aromatic heterocycles. The molecule has 0 N–H and O–H groups in total. The molecule has 0 spiro atoms. The lowest BCUT2D eigenvalue weighted by atomic mass is 9.84. The molecule has 2 aliphatic heterocycles. The molecule has 0 amide bonds. The van der Waals surface area contributed by atoms with Crippen LogP contribution in [0, 0.1) is 0 Å². The second-order valence-electron chi connectivity index (χ2n) is 7.74. The molecule has 0 saturated heterocycles. The maximum atomic E-state index is 12.5. The van der Waals surface area contributed by atoms with Crippen LogP contribution in [0.15, 0.2) is 0 Å². The van der Waals surface area contributed by atoms with Crippen molar-refractivity contribution in [2.75, 3.05) is 14.2 Å². The molecule has 1 aromatic carbocycles. The van der Waals surface area contributed by atoms with E-state index in [1.807, 2.05) is 27.7 Å². The maximum Gasteiger partial charge on any atom is 0.338 e. The first kappa shape index (κ1) is 16.9. The van der Waals surface area contributed by atoms with Gasteiger partial charge in [-0.25, -0.2) is 4.79 Å². The summed E-state index contributed by atoms with van der Waals surface area (Å²) in [5.74, 6) is 1.49. The number of hydrogen-bond acceptors (Lipinski definition) is 5. The molecule has 1 aromatic rings. The minimum Gasteiger partial charge on any atom is -0.490 e. The van der Waals surface area contributed by atoms with E-state index in [1.54, 1.807) is 7.11 Å². The van der Waals surface area contributed by atoms with Crippen LogP contribution >= 0.6 is 0 Å². The average Bonchev–Trinajstić information content (AvgIpc) is 2.50. The molecule has 3 rings (SSSR count). The van der Waals surface area contributed by atoms with Crippen LogP contribution in [0.1, 0.15) is 62.0 Å². The molecule has 0 aliphatic carbocycles. The van der Waals surface area contributed by atoms with Gasteiger partial charge in [0, 0.05) is 11.1 Å².